The number of piperidine rings is 1. The summed E-state index contributed by atoms with van der Waals surface area (Å²) in [7, 11) is 0. The van der Waals surface area contributed by atoms with E-state index in [-0.39, 0.29) is 24.5 Å². The molecule has 2 fully saturated rings. The number of nitrogens with one attached hydrogen (secondary N) is 1. The topological polar surface area (TPSA) is 89.9 Å². The smallest absolute Gasteiger partial charge is 0.312 e. The summed E-state index contributed by atoms with van der Waals surface area (Å²) in [6.07, 6.45) is 2.08. The van der Waals surface area contributed by atoms with Crippen LogP contribution in [0, 0.1) is 5.92 Å². The van der Waals surface area contributed by atoms with E-state index >= 15 is 0 Å². The van der Waals surface area contributed by atoms with Crippen molar-refractivity contribution in [2.75, 3.05) is 24.6 Å². The molecule has 0 aliphatic carbocycles. The van der Waals surface area contributed by atoms with Gasteiger partial charge in [-0.15, -0.1) is 0 Å². The van der Waals surface area contributed by atoms with Crippen LogP contribution in [0.2, 0.25) is 0 Å². The Morgan fingerprint density at radius 1 is 1.19 bits per heavy atom. The summed E-state index contributed by atoms with van der Waals surface area (Å²) in [6.45, 7) is 2.86. The van der Waals surface area contributed by atoms with Crippen LogP contribution >= 0.6 is 0 Å². The molecular weight excluding hydrogens is 334 g/mol. The average Bonchev–Trinajstić information content (AvgIpc) is 3.02. The zero-order valence-electron chi connectivity index (χ0n) is 14.9. The highest BCUT2D eigenvalue weighted by Gasteiger charge is 2.38. The molecule has 7 nitrogen and oxygen atoms in total. The second kappa shape index (κ2) is 7.86. The first-order chi connectivity index (χ1) is 12.5. The van der Waals surface area contributed by atoms with Crippen molar-refractivity contribution < 1.29 is 19.5 Å². The molecule has 0 saturated carbocycles. The van der Waals surface area contributed by atoms with E-state index in [0.717, 1.165) is 18.5 Å². The molecule has 2 aliphatic rings. The number of hydrogen-bond acceptors (Lipinski definition) is 4. The van der Waals surface area contributed by atoms with Crippen molar-refractivity contribution in [1.29, 1.82) is 0 Å². The number of hydrogen-bond donors (Lipinski definition) is 2. The number of aliphatic hydroxyl groups excluding tert-OH is 1. The van der Waals surface area contributed by atoms with Crippen LogP contribution in [0.1, 0.15) is 26.2 Å². The number of likely N-dealkylation sites (tertiary alicyclic amines) is 1. The summed E-state index contributed by atoms with van der Waals surface area (Å²) in [5, 5.41) is 12.0. The predicted molar refractivity (Wildman–Crippen MR) is 96.3 cm³/mol. The molecule has 7 heteroatoms. The zero-order valence-corrected chi connectivity index (χ0v) is 14.9. The van der Waals surface area contributed by atoms with Gasteiger partial charge in [-0.05, 0) is 38.3 Å². The molecule has 3 amide bonds. The standard InChI is InChI=1S/C19H25N3O4/c1-13-14(12-23)6-5-10-21(13)19(26)17(24)20-16-9-11-22(18(16)25)15-7-3-2-4-8-15/h2-4,7-8,13-14,16,23H,5-6,9-12H2,1H3,(H,20,24). The van der Waals surface area contributed by atoms with Gasteiger partial charge in [0.1, 0.15) is 6.04 Å². The Labute approximate surface area is 153 Å². The molecule has 1 aromatic rings. The summed E-state index contributed by atoms with van der Waals surface area (Å²) >= 11 is 0. The van der Waals surface area contributed by atoms with Gasteiger partial charge < -0.3 is 20.2 Å². The Morgan fingerprint density at radius 2 is 1.92 bits per heavy atom. The molecule has 0 radical (unpaired) electrons. The number of amides is 3. The maximum Gasteiger partial charge on any atom is 0.312 e. The van der Waals surface area contributed by atoms with Crippen LogP contribution in [-0.2, 0) is 14.4 Å². The van der Waals surface area contributed by atoms with E-state index in [1.165, 1.54) is 4.90 Å². The molecule has 3 atom stereocenters. The van der Waals surface area contributed by atoms with Gasteiger partial charge in [0.15, 0.2) is 0 Å². The third kappa shape index (κ3) is 3.58. The molecule has 2 heterocycles. The van der Waals surface area contributed by atoms with Gasteiger partial charge in [-0.2, -0.15) is 0 Å². The first-order valence-electron chi connectivity index (χ1n) is 9.11. The third-order valence-corrected chi connectivity index (χ3v) is 5.42. The summed E-state index contributed by atoms with van der Waals surface area (Å²) < 4.78 is 0. The molecule has 0 aromatic heterocycles. The van der Waals surface area contributed by atoms with Crippen molar-refractivity contribution in [3.8, 4) is 0 Å². The van der Waals surface area contributed by atoms with Gasteiger partial charge in [0.25, 0.3) is 0 Å². The normalized spacial score (nSPS) is 26.1. The van der Waals surface area contributed by atoms with Gasteiger partial charge in [-0.3, -0.25) is 14.4 Å². The molecule has 140 valence electrons. The first kappa shape index (κ1) is 18.4. The van der Waals surface area contributed by atoms with Gasteiger partial charge in [-0.1, -0.05) is 18.2 Å². The minimum Gasteiger partial charge on any atom is -0.396 e. The first-order valence-corrected chi connectivity index (χ1v) is 9.11. The number of anilines is 1. The van der Waals surface area contributed by atoms with E-state index in [0.29, 0.717) is 19.5 Å². The summed E-state index contributed by atoms with van der Waals surface area (Å²) in [4.78, 5) is 40.6. The van der Waals surface area contributed by atoms with Crippen LogP contribution in [0.5, 0.6) is 0 Å². The molecule has 0 bridgehead atoms. The van der Waals surface area contributed by atoms with E-state index in [2.05, 4.69) is 5.32 Å². The van der Waals surface area contributed by atoms with Crippen LogP contribution < -0.4 is 10.2 Å². The Morgan fingerprint density at radius 3 is 2.62 bits per heavy atom. The average molecular weight is 359 g/mol. The second-order valence-electron chi connectivity index (χ2n) is 6.96. The lowest BCUT2D eigenvalue weighted by atomic mass is 9.91. The van der Waals surface area contributed by atoms with E-state index in [9.17, 15) is 19.5 Å². The van der Waals surface area contributed by atoms with Crippen LogP contribution in [-0.4, -0.2) is 59.5 Å². The van der Waals surface area contributed by atoms with Gasteiger partial charge >= 0.3 is 11.8 Å². The highest BCUT2D eigenvalue weighted by atomic mass is 16.3. The minimum absolute atomic E-state index is 0.000285. The van der Waals surface area contributed by atoms with E-state index < -0.39 is 17.9 Å². The van der Waals surface area contributed by atoms with Crippen molar-refractivity contribution in [3.05, 3.63) is 30.3 Å². The van der Waals surface area contributed by atoms with Crippen molar-refractivity contribution in [3.63, 3.8) is 0 Å². The highest BCUT2D eigenvalue weighted by molar-refractivity contribution is 6.35. The molecule has 3 unspecified atom stereocenters. The Balaban J connectivity index is 1.61. The summed E-state index contributed by atoms with van der Waals surface area (Å²) in [6, 6.07) is 8.41. The van der Waals surface area contributed by atoms with E-state index in [1.807, 2.05) is 37.3 Å². The van der Waals surface area contributed by atoms with Gasteiger partial charge in [-0.25, -0.2) is 0 Å². The van der Waals surface area contributed by atoms with Crippen molar-refractivity contribution in [2.24, 2.45) is 5.92 Å². The molecule has 1 aromatic carbocycles. The molecule has 2 N–H and O–H groups in total. The number of nitrogens with zero attached hydrogens (tertiary/aromatic N) is 2. The molecule has 26 heavy (non-hydrogen) atoms. The number of rotatable bonds is 3. The lowest BCUT2D eigenvalue weighted by Gasteiger charge is -2.38. The van der Waals surface area contributed by atoms with Crippen molar-refractivity contribution in [2.45, 2.75) is 38.3 Å². The van der Waals surface area contributed by atoms with Gasteiger partial charge in [0.05, 0.1) is 0 Å². The Bertz CT molecular complexity index is 679. The van der Waals surface area contributed by atoms with Crippen LogP contribution in [0.15, 0.2) is 30.3 Å². The predicted octanol–water partition coefficient (Wildman–Crippen LogP) is 0.527. The summed E-state index contributed by atoms with van der Waals surface area (Å²) in [5.74, 6) is -1.58. The fraction of sp³-hybridized carbons (Fsp3) is 0.526. The fourth-order valence-electron chi connectivity index (χ4n) is 3.78. The molecular formula is C19H25N3O4. The minimum atomic E-state index is -0.747. The quantitative estimate of drug-likeness (QED) is 0.771. The number of benzene rings is 1. The zero-order chi connectivity index (χ0) is 18.7. The number of carbonyl (C=O) groups excluding carboxylic acids is 3. The lowest BCUT2D eigenvalue weighted by molar-refractivity contribution is -0.150. The molecule has 2 aliphatic heterocycles. The second-order valence-corrected chi connectivity index (χ2v) is 6.96. The fourth-order valence-corrected chi connectivity index (χ4v) is 3.78. The Kier molecular flexibility index (Phi) is 5.56. The summed E-state index contributed by atoms with van der Waals surface area (Å²) in [5.41, 5.74) is 0.788. The largest absolute Gasteiger partial charge is 0.396 e. The van der Waals surface area contributed by atoms with Crippen molar-refractivity contribution >= 4 is 23.4 Å². The number of aliphatic hydroxyl groups is 1. The lowest BCUT2D eigenvalue weighted by Crippen LogP contribution is -2.54. The molecule has 2 saturated heterocycles. The molecule has 3 rings (SSSR count). The van der Waals surface area contributed by atoms with Crippen LogP contribution in [0.4, 0.5) is 5.69 Å². The highest BCUT2D eigenvalue weighted by Crippen LogP contribution is 2.24. The maximum atomic E-state index is 12.6. The van der Waals surface area contributed by atoms with E-state index in [1.54, 1.807) is 4.90 Å². The van der Waals surface area contributed by atoms with Crippen LogP contribution in [0.25, 0.3) is 0 Å². The SMILES string of the molecule is CC1C(CO)CCCN1C(=O)C(=O)NC1CCN(c2ccccc2)C1=O. The maximum absolute atomic E-state index is 12.6. The van der Waals surface area contributed by atoms with E-state index in [4.69, 9.17) is 0 Å². The van der Waals surface area contributed by atoms with Crippen molar-refractivity contribution in [1.82, 2.24) is 10.2 Å². The van der Waals surface area contributed by atoms with Gasteiger partial charge in [0.2, 0.25) is 5.91 Å². The number of carbonyl (C=O) groups is 3. The third-order valence-electron chi connectivity index (χ3n) is 5.42. The Hall–Kier alpha value is -2.41. The monoisotopic (exact) mass is 359 g/mol. The number of para-hydroxylation sites is 1. The molecule has 0 spiro atoms. The van der Waals surface area contributed by atoms with Crippen LogP contribution in [0.3, 0.4) is 0 Å². The van der Waals surface area contributed by atoms with Gasteiger partial charge in [0, 0.05) is 37.3 Å².